The average molecular weight is 369 g/mol. The minimum atomic E-state index is 0.684. The third kappa shape index (κ3) is 1.24. The summed E-state index contributed by atoms with van der Waals surface area (Å²) in [6, 6.07) is 0. The van der Waals surface area contributed by atoms with E-state index >= 15 is 0 Å². The highest BCUT2D eigenvalue weighted by Gasteiger charge is 2.92. The Bertz CT molecular complexity index is 638. The number of hydrogen-bond acceptors (Lipinski definition) is 0. The molecule has 0 spiro atoms. The van der Waals surface area contributed by atoms with Crippen molar-refractivity contribution in [2.45, 2.75) is 87.5 Å². The van der Waals surface area contributed by atoms with Gasteiger partial charge in [0.05, 0.1) is 0 Å². The number of hydrogen-bond donors (Lipinski definition) is 0. The summed E-state index contributed by atoms with van der Waals surface area (Å²) >= 11 is 0. The largest absolute Gasteiger partial charge is 0.0683 e. The van der Waals surface area contributed by atoms with Crippen molar-refractivity contribution >= 4 is 0 Å². The lowest BCUT2D eigenvalue weighted by Gasteiger charge is -2.80. The van der Waals surface area contributed by atoms with E-state index in [2.05, 4.69) is 41.5 Å². The van der Waals surface area contributed by atoms with Crippen LogP contribution < -0.4 is 0 Å². The van der Waals surface area contributed by atoms with Gasteiger partial charge in [-0.3, -0.25) is 0 Å². The summed E-state index contributed by atoms with van der Waals surface area (Å²) in [6.45, 7) is 20.2. The van der Waals surface area contributed by atoms with Crippen LogP contribution in [0.3, 0.4) is 0 Å². The molecule has 7 aliphatic rings. The lowest BCUT2D eigenvalue weighted by Crippen LogP contribution is -2.76. The van der Waals surface area contributed by atoms with E-state index < -0.39 is 0 Å². The number of fused-ring (bicyclic) bond motifs is 13. The van der Waals surface area contributed by atoms with Crippen molar-refractivity contribution in [3.8, 4) is 0 Å². The van der Waals surface area contributed by atoms with Crippen LogP contribution in [-0.2, 0) is 0 Å². The second-order valence-electron chi connectivity index (χ2n) is 12.7. The molecule has 0 heterocycles. The second kappa shape index (κ2) is 4.67. The molecule has 0 aromatic heterocycles. The van der Waals surface area contributed by atoms with E-state index in [1.54, 1.807) is 19.3 Å². The lowest BCUT2D eigenvalue weighted by atomic mass is 9.24. The van der Waals surface area contributed by atoms with Gasteiger partial charge in [-0.2, -0.15) is 0 Å². The summed E-state index contributed by atoms with van der Waals surface area (Å²) in [6.07, 6.45) is 7.74. The molecule has 0 aromatic carbocycles. The Morgan fingerprint density at radius 1 is 0.593 bits per heavy atom. The first kappa shape index (κ1) is 17.8. The Labute approximate surface area is 168 Å². The maximum absolute atomic E-state index is 2.81. The first-order valence-corrected chi connectivity index (χ1v) is 12.8. The van der Waals surface area contributed by atoms with E-state index in [9.17, 15) is 0 Å². The summed E-state index contributed by atoms with van der Waals surface area (Å²) in [5.74, 6) is 11.1. The number of rotatable bonds is 2. The maximum atomic E-state index is 2.81. The molecule has 7 rings (SSSR count). The molecule has 0 saturated heterocycles. The highest BCUT2D eigenvalue weighted by Crippen LogP contribution is 2.97. The summed E-state index contributed by atoms with van der Waals surface area (Å²) in [5, 5.41) is 0. The van der Waals surface area contributed by atoms with Crippen LogP contribution in [0.5, 0.6) is 0 Å². The molecule has 0 N–H and O–H groups in total. The maximum Gasteiger partial charge on any atom is -0.0201 e. The van der Waals surface area contributed by atoms with Crippen molar-refractivity contribution in [3.05, 3.63) is 0 Å². The van der Waals surface area contributed by atoms with Gasteiger partial charge in [0.15, 0.2) is 0 Å². The molecule has 152 valence electrons. The van der Waals surface area contributed by atoms with Crippen molar-refractivity contribution in [3.63, 3.8) is 0 Å². The molecule has 2 bridgehead atoms. The van der Waals surface area contributed by atoms with Crippen LogP contribution >= 0.6 is 0 Å². The topological polar surface area (TPSA) is 0 Å². The van der Waals surface area contributed by atoms with Gasteiger partial charge >= 0.3 is 0 Å². The zero-order valence-corrected chi connectivity index (χ0v) is 19.3. The van der Waals surface area contributed by atoms with Gasteiger partial charge in [0.1, 0.15) is 0 Å². The van der Waals surface area contributed by atoms with Crippen molar-refractivity contribution in [2.24, 2.45) is 80.8 Å². The van der Waals surface area contributed by atoms with Crippen molar-refractivity contribution in [1.82, 2.24) is 0 Å². The molecule has 7 saturated carbocycles. The highest BCUT2D eigenvalue weighted by atomic mass is 15.0. The quantitative estimate of drug-likeness (QED) is 0.449. The molecule has 0 heteroatoms. The smallest absolute Gasteiger partial charge is 0.0201 e. The van der Waals surface area contributed by atoms with Crippen LogP contribution in [-0.4, -0.2) is 0 Å². The van der Waals surface area contributed by atoms with Gasteiger partial charge in [0, 0.05) is 0 Å². The molecule has 0 aliphatic heterocycles. The van der Waals surface area contributed by atoms with E-state index in [0.29, 0.717) is 10.8 Å². The summed E-state index contributed by atoms with van der Waals surface area (Å²) in [7, 11) is 0. The predicted molar refractivity (Wildman–Crippen MR) is 113 cm³/mol. The van der Waals surface area contributed by atoms with E-state index in [-0.39, 0.29) is 0 Å². The standard InChI is InChI=1S/C25H38.C2H6/c1-7-13-14(8-2)23(4)18-11-17(22(13,23)3)20-21(18)25(6)16-10-12-9-15(19(12)16)24(20,25)5;1-2/h12-21H,7-11H2,1-6H3;1-2H3. The molecule has 27 heavy (non-hydrogen) atoms. The van der Waals surface area contributed by atoms with Crippen LogP contribution in [0.1, 0.15) is 87.5 Å². The van der Waals surface area contributed by atoms with E-state index in [0.717, 1.165) is 58.2 Å². The monoisotopic (exact) mass is 368 g/mol. The fourth-order valence-corrected chi connectivity index (χ4v) is 13.3. The zero-order chi connectivity index (χ0) is 19.3. The van der Waals surface area contributed by atoms with Crippen LogP contribution in [0.25, 0.3) is 0 Å². The molecule has 7 aliphatic carbocycles. The van der Waals surface area contributed by atoms with Gasteiger partial charge in [-0.05, 0) is 100 Å². The van der Waals surface area contributed by atoms with Crippen LogP contribution in [0.15, 0.2) is 0 Å². The predicted octanol–water partition coefficient (Wildman–Crippen LogP) is 7.29. The van der Waals surface area contributed by atoms with Crippen LogP contribution in [0.2, 0.25) is 0 Å². The fourth-order valence-electron chi connectivity index (χ4n) is 13.3. The van der Waals surface area contributed by atoms with Crippen LogP contribution in [0, 0.1) is 80.8 Å². The fraction of sp³-hybridized carbons (Fsp3) is 1.00. The third-order valence-corrected chi connectivity index (χ3v) is 14.0. The van der Waals surface area contributed by atoms with E-state index in [1.807, 2.05) is 13.8 Å². The van der Waals surface area contributed by atoms with E-state index in [1.165, 1.54) is 24.7 Å². The third-order valence-electron chi connectivity index (χ3n) is 14.0. The molecular weight excluding hydrogens is 324 g/mol. The molecule has 0 nitrogen and oxygen atoms in total. The van der Waals surface area contributed by atoms with Crippen molar-refractivity contribution < 1.29 is 0 Å². The second-order valence-corrected chi connectivity index (χ2v) is 12.7. The summed E-state index contributed by atoms with van der Waals surface area (Å²) in [4.78, 5) is 0. The van der Waals surface area contributed by atoms with Crippen LogP contribution in [0.4, 0.5) is 0 Å². The minimum Gasteiger partial charge on any atom is -0.0683 e. The minimum absolute atomic E-state index is 0.684. The van der Waals surface area contributed by atoms with Gasteiger partial charge < -0.3 is 0 Å². The van der Waals surface area contributed by atoms with E-state index in [4.69, 9.17) is 0 Å². The van der Waals surface area contributed by atoms with Crippen molar-refractivity contribution in [1.29, 1.82) is 0 Å². The average Bonchev–Trinajstić information content (AvgIpc) is 3.12. The van der Waals surface area contributed by atoms with Crippen molar-refractivity contribution in [2.75, 3.05) is 0 Å². The SMILES string of the molecule is CC.CCC1C(CC)C2(C)C3CC(C4C3C3(C)C5CC6CC(C65)C43C)C12C. The van der Waals surface area contributed by atoms with Gasteiger partial charge in [0.2, 0.25) is 0 Å². The Hall–Kier alpha value is 0. The molecule has 0 amide bonds. The first-order chi connectivity index (χ1) is 12.8. The van der Waals surface area contributed by atoms with Gasteiger partial charge in [-0.15, -0.1) is 0 Å². The Balaban J connectivity index is 0.000000710. The molecule has 7 fully saturated rings. The van der Waals surface area contributed by atoms with Gasteiger partial charge in [-0.25, -0.2) is 0 Å². The van der Waals surface area contributed by atoms with Gasteiger partial charge in [-0.1, -0.05) is 68.2 Å². The molecular formula is C27H44. The summed E-state index contributed by atoms with van der Waals surface area (Å²) < 4.78 is 0. The Morgan fingerprint density at radius 2 is 1.00 bits per heavy atom. The Kier molecular flexibility index (Phi) is 3.08. The van der Waals surface area contributed by atoms with Gasteiger partial charge in [0.25, 0.3) is 0 Å². The molecule has 12 atom stereocenters. The molecule has 12 unspecified atom stereocenters. The molecule has 0 radical (unpaired) electrons. The first-order valence-electron chi connectivity index (χ1n) is 12.8. The normalized spacial score (nSPS) is 72.9. The molecule has 0 aromatic rings. The lowest BCUT2D eigenvalue weighted by molar-refractivity contribution is -0.333. The Morgan fingerprint density at radius 3 is 1.33 bits per heavy atom. The zero-order valence-electron chi connectivity index (χ0n) is 19.3. The highest BCUT2D eigenvalue weighted by molar-refractivity contribution is 5.40. The summed E-state index contributed by atoms with van der Waals surface area (Å²) in [5.41, 5.74) is 2.84.